The van der Waals surface area contributed by atoms with E-state index in [2.05, 4.69) is 15.6 Å². The number of sulfonamides is 1. The van der Waals surface area contributed by atoms with E-state index in [4.69, 9.17) is 0 Å². The highest BCUT2D eigenvalue weighted by molar-refractivity contribution is 7.89. The van der Waals surface area contributed by atoms with Gasteiger partial charge in [0.15, 0.2) is 0 Å². The van der Waals surface area contributed by atoms with Crippen LogP contribution in [-0.4, -0.2) is 48.7 Å². The SMILES string of the molecule is CC(=O)Nc1ccc(S(=O)(=O)N2CCC(NC(=O)c3cc4ccccc4[nH]c3=O)CC2)cc1. The third kappa shape index (κ3) is 4.96. The quantitative estimate of drug-likeness (QED) is 0.528. The van der Waals surface area contributed by atoms with Gasteiger partial charge in [-0.15, -0.1) is 0 Å². The second kappa shape index (κ2) is 9.16. The van der Waals surface area contributed by atoms with Crippen molar-refractivity contribution in [1.29, 1.82) is 0 Å². The van der Waals surface area contributed by atoms with Crippen molar-refractivity contribution in [2.24, 2.45) is 0 Å². The zero-order valence-corrected chi connectivity index (χ0v) is 18.8. The van der Waals surface area contributed by atoms with Crippen LogP contribution in [0.4, 0.5) is 5.69 Å². The molecule has 1 fully saturated rings. The van der Waals surface area contributed by atoms with Gasteiger partial charge in [-0.05, 0) is 54.6 Å². The van der Waals surface area contributed by atoms with Crippen molar-refractivity contribution in [2.75, 3.05) is 18.4 Å². The number of rotatable bonds is 5. The molecule has 0 spiro atoms. The molecule has 33 heavy (non-hydrogen) atoms. The Hall–Kier alpha value is -3.50. The molecule has 2 heterocycles. The first-order chi connectivity index (χ1) is 15.7. The van der Waals surface area contributed by atoms with E-state index in [9.17, 15) is 22.8 Å². The van der Waals surface area contributed by atoms with Crippen LogP contribution in [0.2, 0.25) is 0 Å². The molecule has 1 saturated heterocycles. The Morgan fingerprint density at radius 3 is 2.36 bits per heavy atom. The van der Waals surface area contributed by atoms with E-state index in [-0.39, 0.29) is 35.5 Å². The normalized spacial score (nSPS) is 15.3. The molecule has 10 heteroatoms. The van der Waals surface area contributed by atoms with Crippen molar-refractivity contribution in [2.45, 2.75) is 30.7 Å². The van der Waals surface area contributed by atoms with E-state index >= 15 is 0 Å². The minimum absolute atomic E-state index is 0.0306. The Morgan fingerprint density at radius 2 is 1.70 bits per heavy atom. The molecule has 2 amide bonds. The van der Waals surface area contributed by atoms with Gasteiger partial charge in [-0.1, -0.05) is 18.2 Å². The predicted molar refractivity (Wildman–Crippen MR) is 125 cm³/mol. The molecular weight excluding hydrogens is 444 g/mol. The largest absolute Gasteiger partial charge is 0.349 e. The third-order valence-electron chi connectivity index (χ3n) is 5.60. The van der Waals surface area contributed by atoms with Gasteiger partial charge in [0, 0.05) is 37.3 Å². The summed E-state index contributed by atoms with van der Waals surface area (Å²) in [6.07, 6.45) is 0.862. The number of aromatic amines is 1. The lowest BCUT2D eigenvalue weighted by Crippen LogP contribution is -2.47. The first kappa shape index (κ1) is 22.7. The maximum Gasteiger partial charge on any atom is 0.261 e. The number of anilines is 1. The molecule has 9 nitrogen and oxygen atoms in total. The Morgan fingerprint density at radius 1 is 1.03 bits per heavy atom. The minimum atomic E-state index is -3.69. The van der Waals surface area contributed by atoms with Gasteiger partial charge in [-0.3, -0.25) is 14.4 Å². The second-order valence-corrected chi connectivity index (χ2v) is 9.89. The lowest BCUT2D eigenvalue weighted by atomic mass is 10.1. The highest BCUT2D eigenvalue weighted by Crippen LogP contribution is 2.22. The summed E-state index contributed by atoms with van der Waals surface area (Å²) in [6.45, 7) is 1.87. The van der Waals surface area contributed by atoms with Crippen LogP contribution in [0.1, 0.15) is 30.1 Å². The van der Waals surface area contributed by atoms with Gasteiger partial charge < -0.3 is 15.6 Å². The number of carbonyl (C=O) groups excluding carboxylic acids is 2. The van der Waals surface area contributed by atoms with Crippen molar-refractivity contribution in [3.63, 3.8) is 0 Å². The van der Waals surface area contributed by atoms with Crippen LogP contribution in [0.3, 0.4) is 0 Å². The predicted octanol–water partition coefficient (Wildman–Crippen LogP) is 2.07. The summed E-state index contributed by atoms with van der Waals surface area (Å²) < 4.78 is 27.3. The van der Waals surface area contributed by atoms with Crippen LogP contribution in [0, 0.1) is 0 Å². The number of piperidine rings is 1. The maximum absolute atomic E-state index is 12.9. The molecule has 4 rings (SSSR count). The fourth-order valence-electron chi connectivity index (χ4n) is 3.88. The van der Waals surface area contributed by atoms with Crippen molar-refractivity contribution < 1.29 is 18.0 Å². The smallest absolute Gasteiger partial charge is 0.261 e. The average molecular weight is 469 g/mol. The number of carbonyl (C=O) groups is 2. The summed E-state index contributed by atoms with van der Waals surface area (Å²) in [5.74, 6) is -0.711. The minimum Gasteiger partial charge on any atom is -0.349 e. The lowest BCUT2D eigenvalue weighted by Gasteiger charge is -2.31. The number of para-hydroxylation sites is 1. The van der Waals surface area contributed by atoms with Gasteiger partial charge >= 0.3 is 0 Å². The van der Waals surface area contributed by atoms with Crippen molar-refractivity contribution in [1.82, 2.24) is 14.6 Å². The molecule has 0 radical (unpaired) electrons. The molecular formula is C23H24N4O5S. The Bertz CT molecular complexity index is 1360. The van der Waals surface area contributed by atoms with Gasteiger partial charge in [0.25, 0.3) is 11.5 Å². The third-order valence-corrected chi connectivity index (χ3v) is 7.51. The molecule has 0 saturated carbocycles. The fourth-order valence-corrected chi connectivity index (χ4v) is 5.35. The van der Waals surface area contributed by atoms with Crippen molar-refractivity contribution in [3.05, 3.63) is 70.5 Å². The van der Waals surface area contributed by atoms with E-state index in [1.807, 2.05) is 12.1 Å². The van der Waals surface area contributed by atoms with E-state index in [0.717, 1.165) is 5.39 Å². The van der Waals surface area contributed by atoms with Gasteiger partial charge in [-0.2, -0.15) is 4.31 Å². The summed E-state index contributed by atoms with van der Waals surface area (Å²) in [7, 11) is -3.69. The van der Waals surface area contributed by atoms with Crippen molar-refractivity contribution >= 4 is 38.4 Å². The Labute approximate surface area is 190 Å². The van der Waals surface area contributed by atoms with Gasteiger partial charge in [0.1, 0.15) is 5.56 Å². The van der Waals surface area contributed by atoms with Gasteiger partial charge in [-0.25, -0.2) is 8.42 Å². The van der Waals surface area contributed by atoms with Crippen LogP contribution < -0.4 is 16.2 Å². The number of hydrogen-bond acceptors (Lipinski definition) is 5. The van der Waals surface area contributed by atoms with Crippen LogP contribution in [-0.2, 0) is 14.8 Å². The van der Waals surface area contributed by atoms with E-state index in [0.29, 0.717) is 24.0 Å². The topological polar surface area (TPSA) is 128 Å². The number of nitrogens with one attached hydrogen (secondary N) is 3. The molecule has 3 aromatic rings. The van der Waals surface area contributed by atoms with Crippen LogP contribution in [0.25, 0.3) is 10.9 Å². The first-order valence-corrected chi connectivity index (χ1v) is 12.0. The lowest BCUT2D eigenvalue weighted by molar-refractivity contribution is -0.114. The molecule has 1 aromatic heterocycles. The number of nitrogens with zero attached hydrogens (tertiary/aromatic N) is 1. The molecule has 0 atom stereocenters. The zero-order valence-electron chi connectivity index (χ0n) is 18.0. The standard InChI is InChI=1S/C23H24N4O5S/c1-15(28)24-17-6-8-19(9-7-17)33(31,32)27-12-10-18(11-13-27)25-22(29)20-14-16-4-2-3-5-21(16)26-23(20)30/h2-9,14,18H,10-13H2,1H3,(H,24,28)(H,25,29)(H,26,30). The zero-order chi connectivity index (χ0) is 23.6. The van der Waals surface area contributed by atoms with Crippen LogP contribution in [0.15, 0.2) is 64.3 Å². The number of benzene rings is 2. The maximum atomic E-state index is 12.9. The first-order valence-electron chi connectivity index (χ1n) is 10.5. The molecule has 1 aliphatic heterocycles. The fraction of sp³-hybridized carbons (Fsp3) is 0.261. The summed E-state index contributed by atoms with van der Waals surface area (Å²) in [5, 5.41) is 6.22. The van der Waals surface area contributed by atoms with E-state index < -0.39 is 21.5 Å². The number of hydrogen-bond donors (Lipinski definition) is 3. The monoisotopic (exact) mass is 468 g/mol. The van der Waals surface area contributed by atoms with Gasteiger partial charge in [0.05, 0.1) is 4.90 Å². The Balaban J connectivity index is 1.39. The molecule has 1 aliphatic rings. The summed E-state index contributed by atoms with van der Waals surface area (Å²) in [6, 6.07) is 14.5. The van der Waals surface area contributed by atoms with E-state index in [1.54, 1.807) is 30.3 Å². The summed E-state index contributed by atoms with van der Waals surface area (Å²) >= 11 is 0. The molecule has 0 bridgehead atoms. The number of amides is 2. The van der Waals surface area contributed by atoms with Gasteiger partial charge in [0.2, 0.25) is 15.9 Å². The summed E-state index contributed by atoms with van der Waals surface area (Å²) in [5.41, 5.74) is 0.742. The molecule has 172 valence electrons. The highest BCUT2D eigenvalue weighted by atomic mass is 32.2. The molecule has 0 aliphatic carbocycles. The average Bonchev–Trinajstić information content (AvgIpc) is 2.79. The molecule has 3 N–H and O–H groups in total. The highest BCUT2D eigenvalue weighted by Gasteiger charge is 2.30. The summed E-state index contributed by atoms with van der Waals surface area (Å²) in [4.78, 5) is 39.0. The van der Waals surface area contributed by atoms with Crippen LogP contribution in [0.5, 0.6) is 0 Å². The number of pyridine rings is 1. The van der Waals surface area contributed by atoms with E-state index in [1.165, 1.54) is 23.4 Å². The molecule has 2 aromatic carbocycles. The number of H-pyrrole nitrogens is 1. The van der Waals surface area contributed by atoms with Crippen molar-refractivity contribution in [3.8, 4) is 0 Å². The molecule has 0 unspecified atom stereocenters. The Kier molecular flexibility index (Phi) is 6.30. The van der Waals surface area contributed by atoms with Crippen LogP contribution >= 0.6 is 0 Å². The number of aromatic nitrogens is 1. The second-order valence-electron chi connectivity index (χ2n) is 7.96. The number of fused-ring (bicyclic) bond motifs is 1.